The summed E-state index contributed by atoms with van der Waals surface area (Å²) in [6, 6.07) is 0. The Labute approximate surface area is 144 Å². The molecule has 6 heteroatoms. The Morgan fingerprint density at radius 1 is 1.17 bits per heavy atom. The van der Waals surface area contributed by atoms with Crippen LogP contribution in [0.3, 0.4) is 0 Å². The Balaban J connectivity index is 2.06. The van der Waals surface area contributed by atoms with Crippen molar-refractivity contribution in [3.8, 4) is 0 Å². The summed E-state index contributed by atoms with van der Waals surface area (Å²) in [4.78, 5) is 26.7. The Bertz CT molecular complexity index is 443. The van der Waals surface area contributed by atoms with Crippen molar-refractivity contribution < 1.29 is 23.8 Å². The summed E-state index contributed by atoms with van der Waals surface area (Å²) in [7, 11) is 0. The second-order valence-electron chi connectivity index (χ2n) is 7.73. The van der Waals surface area contributed by atoms with Gasteiger partial charge in [0.2, 0.25) is 0 Å². The summed E-state index contributed by atoms with van der Waals surface area (Å²) in [6.45, 7) is 10.3. The fraction of sp³-hybridized carbons (Fsp3) is 0.889. The molecule has 0 aromatic heterocycles. The summed E-state index contributed by atoms with van der Waals surface area (Å²) in [5.74, 6) is 0.159. The molecule has 0 atom stereocenters. The van der Waals surface area contributed by atoms with E-state index in [2.05, 4.69) is 0 Å². The second-order valence-corrected chi connectivity index (χ2v) is 7.73. The van der Waals surface area contributed by atoms with Crippen molar-refractivity contribution in [1.29, 1.82) is 0 Å². The molecule has 0 aromatic rings. The zero-order valence-corrected chi connectivity index (χ0v) is 15.4. The summed E-state index contributed by atoms with van der Waals surface area (Å²) in [5.41, 5.74) is -0.994. The molecule has 138 valence electrons. The molecule has 2 heterocycles. The molecule has 24 heavy (non-hydrogen) atoms. The summed E-state index contributed by atoms with van der Waals surface area (Å²) >= 11 is 0. The molecule has 0 aromatic carbocycles. The minimum absolute atomic E-state index is 0.110. The lowest BCUT2D eigenvalue weighted by molar-refractivity contribution is -0.166. The normalized spacial score (nSPS) is 22.1. The van der Waals surface area contributed by atoms with Crippen molar-refractivity contribution in [2.45, 2.75) is 59.0 Å². The van der Waals surface area contributed by atoms with Crippen molar-refractivity contribution >= 4 is 12.1 Å². The Morgan fingerprint density at radius 3 is 2.25 bits per heavy atom. The van der Waals surface area contributed by atoms with Crippen molar-refractivity contribution in [1.82, 2.24) is 4.90 Å². The van der Waals surface area contributed by atoms with Crippen LogP contribution in [0.5, 0.6) is 0 Å². The molecule has 1 amide bonds. The summed E-state index contributed by atoms with van der Waals surface area (Å²) in [6.07, 6.45) is 2.73. The number of amides is 1. The van der Waals surface area contributed by atoms with E-state index in [-0.39, 0.29) is 18.0 Å². The third-order valence-corrected chi connectivity index (χ3v) is 4.99. The smallest absolute Gasteiger partial charge is 0.410 e. The van der Waals surface area contributed by atoms with Crippen LogP contribution in [0, 0.1) is 11.3 Å². The molecular formula is C18H31NO5. The lowest BCUT2D eigenvalue weighted by Crippen LogP contribution is -2.52. The van der Waals surface area contributed by atoms with Crippen LogP contribution < -0.4 is 0 Å². The van der Waals surface area contributed by atoms with Crippen LogP contribution in [0.1, 0.15) is 53.4 Å². The molecule has 0 radical (unpaired) electrons. The fourth-order valence-electron chi connectivity index (χ4n) is 3.72. The highest BCUT2D eigenvalue weighted by Gasteiger charge is 2.49. The van der Waals surface area contributed by atoms with Gasteiger partial charge in [-0.1, -0.05) is 0 Å². The molecule has 0 saturated carbocycles. The van der Waals surface area contributed by atoms with Crippen molar-refractivity contribution in [2.24, 2.45) is 11.3 Å². The van der Waals surface area contributed by atoms with E-state index in [9.17, 15) is 9.59 Å². The topological polar surface area (TPSA) is 65.1 Å². The first-order chi connectivity index (χ1) is 11.3. The van der Waals surface area contributed by atoms with Crippen LogP contribution in [0.25, 0.3) is 0 Å². The quantitative estimate of drug-likeness (QED) is 0.738. The van der Waals surface area contributed by atoms with Gasteiger partial charge in [-0.3, -0.25) is 4.79 Å². The number of ether oxygens (including phenoxy) is 3. The number of rotatable bonds is 3. The third kappa shape index (κ3) is 4.41. The SMILES string of the molecule is CCOC(=O)C1(C2CCOCC2)CCN(C(=O)OC(C)(C)C)CC1. The Hall–Kier alpha value is -1.30. The zero-order chi connectivity index (χ0) is 17.8. The monoisotopic (exact) mass is 341 g/mol. The largest absolute Gasteiger partial charge is 0.466 e. The van der Waals surface area contributed by atoms with E-state index in [0.717, 1.165) is 12.8 Å². The molecule has 2 aliphatic rings. The van der Waals surface area contributed by atoms with Gasteiger partial charge < -0.3 is 19.1 Å². The highest BCUT2D eigenvalue weighted by atomic mass is 16.6. The molecule has 0 spiro atoms. The Morgan fingerprint density at radius 2 is 1.75 bits per heavy atom. The van der Waals surface area contributed by atoms with E-state index in [0.29, 0.717) is 45.8 Å². The third-order valence-electron chi connectivity index (χ3n) is 4.99. The first-order valence-electron chi connectivity index (χ1n) is 9.01. The van der Waals surface area contributed by atoms with Gasteiger partial charge in [0.05, 0.1) is 12.0 Å². The summed E-state index contributed by atoms with van der Waals surface area (Å²) < 4.78 is 16.3. The summed E-state index contributed by atoms with van der Waals surface area (Å²) in [5, 5.41) is 0. The minimum Gasteiger partial charge on any atom is -0.466 e. The predicted octanol–water partition coefficient (Wildman–Crippen LogP) is 2.99. The molecule has 2 saturated heterocycles. The molecular weight excluding hydrogens is 310 g/mol. The van der Waals surface area contributed by atoms with Gasteiger partial charge in [-0.05, 0) is 59.3 Å². The average Bonchev–Trinajstić information content (AvgIpc) is 2.54. The first kappa shape index (κ1) is 19.0. The van der Waals surface area contributed by atoms with Crippen LogP contribution in [-0.4, -0.2) is 55.5 Å². The number of piperidine rings is 1. The molecule has 2 aliphatic heterocycles. The average molecular weight is 341 g/mol. The van der Waals surface area contributed by atoms with E-state index in [1.165, 1.54) is 0 Å². The minimum atomic E-state index is -0.506. The molecule has 0 unspecified atom stereocenters. The van der Waals surface area contributed by atoms with E-state index < -0.39 is 11.0 Å². The van der Waals surface area contributed by atoms with E-state index in [1.807, 2.05) is 27.7 Å². The van der Waals surface area contributed by atoms with Crippen LogP contribution in [-0.2, 0) is 19.0 Å². The molecule has 0 N–H and O–H groups in total. The number of carbonyl (C=O) groups is 2. The number of hydrogen-bond acceptors (Lipinski definition) is 5. The number of carbonyl (C=O) groups excluding carboxylic acids is 2. The maximum atomic E-state index is 12.7. The molecule has 0 bridgehead atoms. The van der Waals surface area contributed by atoms with Crippen LogP contribution in [0.2, 0.25) is 0 Å². The maximum absolute atomic E-state index is 12.7. The van der Waals surface area contributed by atoms with Gasteiger partial charge in [-0.25, -0.2) is 4.79 Å². The predicted molar refractivity (Wildman–Crippen MR) is 89.7 cm³/mol. The lowest BCUT2D eigenvalue weighted by Gasteiger charge is -2.45. The lowest BCUT2D eigenvalue weighted by atomic mass is 9.66. The number of likely N-dealkylation sites (tertiary alicyclic amines) is 1. The van der Waals surface area contributed by atoms with Crippen molar-refractivity contribution in [2.75, 3.05) is 32.9 Å². The highest BCUT2D eigenvalue weighted by molar-refractivity contribution is 5.78. The van der Waals surface area contributed by atoms with Crippen molar-refractivity contribution in [3.05, 3.63) is 0 Å². The van der Waals surface area contributed by atoms with Crippen LogP contribution >= 0.6 is 0 Å². The van der Waals surface area contributed by atoms with E-state index in [1.54, 1.807) is 4.90 Å². The van der Waals surface area contributed by atoms with Crippen LogP contribution in [0.15, 0.2) is 0 Å². The first-order valence-corrected chi connectivity index (χ1v) is 9.01. The van der Waals surface area contributed by atoms with Crippen molar-refractivity contribution in [3.63, 3.8) is 0 Å². The van der Waals surface area contributed by atoms with Gasteiger partial charge in [0, 0.05) is 26.3 Å². The van der Waals surface area contributed by atoms with Gasteiger partial charge in [-0.2, -0.15) is 0 Å². The van der Waals surface area contributed by atoms with Gasteiger partial charge in [-0.15, -0.1) is 0 Å². The Kier molecular flexibility index (Phi) is 6.12. The number of nitrogens with zero attached hydrogens (tertiary/aromatic N) is 1. The zero-order valence-electron chi connectivity index (χ0n) is 15.4. The fourth-order valence-corrected chi connectivity index (χ4v) is 3.72. The second kappa shape index (κ2) is 7.72. The van der Waals surface area contributed by atoms with Gasteiger partial charge in [0.15, 0.2) is 0 Å². The van der Waals surface area contributed by atoms with Gasteiger partial charge in [0.1, 0.15) is 5.60 Å². The van der Waals surface area contributed by atoms with Gasteiger partial charge in [0.25, 0.3) is 0 Å². The number of hydrogen-bond donors (Lipinski definition) is 0. The molecule has 0 aliphatic carbocycles. The molecule has 6 nitrogen and oxygen atoms in total. The van der Waals surface area contributed by atoms with Gasteiger partial charge >= 0.3 is 12.1 Å². The molecule has 2 fully saturated rings. The van der Waals surface area contributed by atoms with E-state index >= 15 is 0 Å². The standard InChI is InChI=1S/C18H31NO5/c1-5-23-15(20)18(14-6-12-22-13-7-14)8-10-19(11-9-18)16(21)24-17(2,3)4/h14H,5-13H2,1-4H3. The van der Waals surface area contributed by atoms with E-state index in [4.69, 9.17) is 14.2 Å². The highest BCUT2D eigenvalue weighted by Crippen LogP contribution is 2.44. The number of esters is 1. The molecule has 2 rings (SSSR count). The van der Waals surface area contributed by atoms with Crippen LogP contribution in [0.4, 0.5) is 4.79 Å². The maximum Gasteiger partial charge on any atom is 0.410 e.